The van der Waals surface area contributed by atoms with Crippen molar-refractivity contribution in [2.24, 2.45) is 50.2 Å². The molecule has 0 aromatic carbocycles. The van der Waals surface area contributed by atoms with Crippen LogP contribution in [0.2, 0.25) is 0 Å². The minimum atomic E-state index is -1.51. The first-order valence-electron chi connectivity index (χ1n) is 20.7. The molecule has 12 heteroatoms. The quantitative estimate of drug-likeness (QED) is 0.113. The van der Waals surface area contributed by atoms with E-state index in [1.54, 1.807) is 7.11 Å². The maximum absolute atomic E-state index is 13.7. The molecule has 0 amide bonds. The summed E-state index contributed by atoms with van der Waals surface area (Å²) in [6.45, 7) is 20.2. The van der Waals surface area contributed by atoms with E-state index in [0.29, 0.717) is 12.3 Å². The maximum Gasteiger partial charge on any atom is 0.339 e. The Hall–Kier alpha value is -2.99. The van der Waals surface area contributed by atoms with Gasteiger partial charge in [-0.25, -0.2) is 4.79 Å². The molecule has 0 spiro atoms. The second kappa shape index (κ2) is 14.7. The Morgan fingerprint density at radius 3 is 1.91 bits per heavy atom. The Morgan fingerprint density at radius 1 is 0.696 bits per heavy atom. The summed E-state index contributed by atoms with van der Waals surface area (Å²) >= 11 is 0. The number of ether oxygens (including phenoxy) is 7. The molecule has 5 aliphatic carbocycles. The zero-order valence-electron chi connectivity index (χ0n) is 35.7. The van der Waals surface area contributed by atoms with E-state index in [-0.39, 0.29) is 45.6 Å². The molecule has 0 aromatic heterocycles. The highest BCUT2D eigenvalue weighted by atomic mass is 16.7. The summed E-state index contributed by atoms with van der Waals surface area (Å²) in [6.07, 6.45) is 4.32. The molecule has 0 radical (unpaired) electrons. The van der Waals surface area contributed by atoms with Gasteiger partial charge in [0, 0.05) is 20.8 Å². The average molecular weight is 787 g/mol. The maximum atomic E-state index is 13.7. The molecule has 0 bridgehead atoms. The topological polar surface area (TPSA) is 150 Å². The van der Waals surface area contributed by atoms with Crippen molar-refractivity contribution in [3.63, 3.8) is 0 Å². The van der Waals surface area contributed by atoms with E-state index in [0.717, 1.165) is 64.7 Å². The third-order valence-electron chi connectivity index (χ3n) is 16.3. The van der Waals surface area contributed by atoms with Crippen LogP contribution >= 0.6 is 0 Å². The molecule has 6 aliphatic rings. The summed E-state index contributed by atoms with van der Waals surface area (Å²) in [5.41, 5.74) is 0.701. The number of hydrogen-bond acceptors (Lipinski definition) is 12. The minimum absolute atomic E-state index is 0.0135. The smallest absolute Gasteiger partial charge is 0.339 e. The molecule has 1 aliphatic heterocycles. The molecule has 314 valence electrons. The summed E-state index contributed by atoms with van der Waals surface area (Å²) in [7, 11) is 2.72. The molecule has 0 N–H and O–H groups in total. The van der Waals surface area contributed by atoms with Crippen LogP contribution in [0.25, 0.3) is 0 Å². The van der Waals surface area contributed by atoms with Gasteiger partial charge >= 0.3 is 29.8 Å². The lowest BCUT2D eigenvalue weighted by atomic mass is 9.33. The molecular weight excluding hydrogens is 720 g/mol. The fourth-order valence-electron chi connectivity index (χ4n) is 13.4. The van der Waals surface area contributed by atoms with E-state index in [4.69, 9.17) is 33.2 Å². The van der Waals surface area contributed by atoms with Gasteiger partial charge < -0.3 is 33.2 Å². The molecule has 4 saturated carbocycles. The molecule has 12 nitrogen and oxygen atoms in total. The highest BCUT2D eigenvalue weighted by molar-refractivity contribution is 5.79. The van der Waals surface area contributed by atoms with E-state index in [9.17, 15) is 24.0 Å². The Kier molecular flexibility index (Phi) is 11.2. The van der Waals surface area contributed by atoms with Crippen LogP contribution in [0.15, 0.2) is 11.6 Å². The molecule has 0 aromatic rings. The Bertz CT molecular complexity index is 1630. The van der Waals surface area contributed by atoms with Gasteiger partial charge in [0.05, 0.1) is 25.7 Å². The third kappa shape index (κ3) is 6.70. The van der Waals surface area contributed by atoms with Crippen LogP contribution < -0.4 is 0 Å². The van der Waals surface area contributed by atoms with Gasteiger partial charge in [-0.15, -0.1) is 0 Å². The molecule has 0 unspecified atom stereocenters. The van der Waals surface area contributed by atoms with Gasteiger partial charge in [-0.2, -0.15) is 0 Å². The second-order valence-electron chi connectivity index (χ2n) is 20.0. The zero-order chi connectivity index (χ0) is 41.4. The normalized spacial score (nSPS) is 43.5. The minimum Gasteiger partial charge on any atom is -0.469 e. The predicted octanol–water partition coefficient (Wildman–Crippen LogP) is 7.04. The lowest BCUT2D eigenvalue weighted by Gasteiger charge is -2.71. The summed E-state index contributed by atoms with van der Waals surface area (Å²) in [5.74, 6) is -2.24. The molecule has 56 heavy (non-hydrogen) atoms. The number of hydrogen-bond donors (Lipinski definition) is 0. The van der Waals surface area contributed by atoms with E-state index in [1.165, 1.54) is 26.5 Å². The number of carbonyl (C=O) groups excluding carboxylic acids is 5. The number of allylic oxidation sites excluding steroid dienone is 2. The number of rotatable bonds is 7. The number of fused-ring (bicyclic) bond motifs is 7. The van der Waals surface area contributed by atoms with Gasteiger partial charge in [0.1, 0.15) is 0 Å². The molecular formula is C44H66O12. The first kappa shape index (κ1) is 42.6. The van der Waals surface area contributed by atoms with Crippen molar-refractivity contribution >= 4 is 29.8 Å². The fraction of sp³-hybridized carbons (Fsp3) is 0.841. The van der Waals surface area contributed by atoms with Crippen molar-refractivity contribution in [1.82, 2.24) is 0 Å². The van der Waals surface area contributed by atoms with Crippen LogP contribution in [0.4, 0.5) is 0 Å². The first-order valence-corrected chi connectivity index (χ1v) is 20.7. The first-order chi connectivity index (χ1) is 26.0. The molecule has 1 saturated heterocycles. The number of methoxy groups -OCH3 is 2. The highest BCUT2D eigenvalue weighted by Gasteiger charge is 2.70. The van der Waals surface area contributed by atoms with Crippen molar-refractivity contribution in [2.45, 2.75) is 170 Å². The van der Waals surface area contributed by atoms with Gasteiger partial charge in [-0.05, 0) is 109 Å². The fourth-order valence-corrected chi connectivity index (χ4v) is 13.4. The Balaban J connectivity index is 1.31. The Labute approximate surface area is 332 Å². The zero-order valence-corrected chi connectivity index (χ0v) is 35.7. The summed E-state index contributed by atoms with van der Waals surface area (Å²) in [6, 6.07) is 0. The Morgan fingerprint density at radius 2 is 1.30 bits per heavy atom. The summed E-state index contributed by atoms with van der Waals surface area (Å²) in [4.78, 5) is 63.9. The lowest BCUT2D eigenvalue weighted by Crippen LogP contribution is -2.67. The van der Waals surface area contributed by atoms with Crippen molar-refractivity contribution in [2.75, 3.05) is 14.2 Å². The van der Waals surface area contributed by atoms with E-state index in [2.05, 4.69) is 54.5 Å². The van der Waals surface area contributed by atoms with Gasteiger partial charge in [0.2, 0.25) is 0 Å². The largest absolute Gasteiger partial charge is 0.469 e. The third-order valence-corrected chi connectivity index (χ3v) is 16.3. The van der Waals surface area contributed by atoms with Gasteiger partial charge in [-0.3, -0.25) is 19.2 Å². The van der Waals surface area contributed by atoms with Gasteiger partial charge in [0.25, 0.3) is 0 Å². The van der Waals surface area contributed by atoms with E-state index >= 15 is 0 Å². The van der Waals surface area contributed by atoms with Crippen molar-refractivity contribution < 1.29 is 57.1 Å². The van der Waals surface area contributed by atoms with Gasteiger partial charge in [0.15, 0.2) is 30.7 Å². The highest BCUT2D eigenvalue weighted by Crippen LogP contribution is 2.76. The second-order valence-corrected chi connectivity index (χ2v) is 20.0. The van der Waals surface area contributed by atoms with Crippen LogP contribution in [-0.4, -0.2) is 80.9 Å². The van der Waals surface area contributed by atoms with Crippen LogP contribution in [-0.2, 0) is 57.1 Å². The monoisotopic (exact) mass is 786 g/mol. The van der Waals surface area contributed by atoms with Crippen LogP contribution in [0.5, 0.6) is 0 Å². The number of esters is 5. The van der Waals surface area contributed by atoms with Crippen LogP contribution in [0.3, 0.4) is 0 Å². The summed E-state index contributed by atoms with van der Waals surface area (Å²) < 4.78 is 40.4. The summed E-state index contributed by atoms with van der Waals surface area (Å²) in [5, 5.41) is 0. The van der Waals surface area contributed by atoms with Crippen molar-refractivity contribution in [3.8, 4) is 0 Å². The average Bonchev–Trinajstić information content (AvgIpc) is 3.10. The van der Waals surface area contributed by atoms with Crippen LogP contribution in [0, 0.1) is 50.2 Å². The SMILES string of the molecule is COC(=O)[C@H]1O[C@@H](O[C@H]2CC[C@@]3(C)[C@H](CC[C@]4(C)[C@@H]3CC=C3[C@@H]5CC(C)(C)CC[C@]5(C(=O)OC)CC[C@]34C)C2(C)C)[C@H](OC(C)=O)[C@@H](OC(C)=O)[C@@H]1OC(C)=O. The number of carbonyl (C=O) groups is 5. The van der Waals surface area contributed by atoms with Crippen LogP contribution in [0.1, 0.15) is 133 Å². The molecule has 6 rings (SSSR count). The van der Waals surface area contributed by atoms with E-state index in [1.807, 2.05) is 0 Å². The molecule has 13 atom stereocenters. The van der Waals surface area contributed by atoms with Gasteiger partial charge in [-0.1, -0.05) is 60.1 Å². The molecule has 5 fully saturated rings. The predicted molar refractivity (Wildman–Crippen MR) is 203 cm³/mol. The molecule has 1 heterocycles. The van der Waals surface area contributed by atoms with E-state index < -0.39 is 65.4 Å². The van der Waals surface area contributed by atoms with Crippen molar-refractivity contribution in [1.29, 1.82) is 0 Å². The standard InChI is InChI=1S/C44H66O12/c1-24(45)52-32-33(53-25(2)46)35(54-26(3)47)37(56-34(32)36(48)50-11)55-31-16-17-41(8)29(40(31,6)7)15-18-43(10)30(41)14-13-27-28-23-39(4,5)19-21-44(28,38(49)51-12)22-20-42(27,43)9/h13,28-35,37H,14-23H2,1-12H3/t28-,29+,30+,31-,32-,33-,34-,35+,37+,41-,42+,43+,44-/m0/s1. The lowest BCUT2D eigenvalue weighted by molar-refractivity contribution is -0.327. The van der Waals surface area contributed by atoms with Crippen molar-refractivity contribution in [3.05, 3.63) is 11.6 Å².